The quantitative estimate of drug-likeness (QED) is 0.277. The Kier molecular flexibility index (Phi) is 14.0. The van der Waals surface area contributed by atoms with Crippen LogP contribution in [0.2, 0.25) is 0 Å². The van der Waals surface area contributed by atoms with E-state index in [-0.39, 0.29) is 36.4 Å². The van der Waals surface area contributed by atoms with Crippen LogP contribution in [0.15, 0.2) is 0 Å². The Balaban J connectivity index is 2.65. The van der Waals surface area contributed by atoms with Gasteiger partial charge in [-0.15, -0.1) is 0 Å². The number of ether oxygens (including phenoxy) is 10. The molecule has 2 fully saturated rings. The fourth-order valence-corrected chi connectivity index (χ4v) is 7.05. The van der Waals surface area contributed by atoms with E-state index in [0.29, 0.717) is 32.3 Å². The molecular formula is C29H56O10. The van der Waals surface area contributed by atoms with Gasteiger partial charge < -0.3 is 47.4 Å². The second-order valence-corrected chi connectivity index (χ2v) is 10.7. The predicted molar refractivity (Wildman–Crippen MR) is 147 cm³/mol. The monoisotopic (exact) mass is 564 g/mol. The Labute approximate surface area is 236 Å². The van der Waals surface area contributed by atoms with Crippen LogP contribution in [-0.2, 0) is 47.4 Å². The molecule has 10 nitrogen and oxygen atoms in total. The Morgan fingerprint density at radius 2 is 1.08 bits per heavy atom. The zero-order valence-corrected chi connectivity index (χ0v) is 26.4. The van der Waals surface area contributed by atoms with Crippen LogP contribution in [0, 0.1) is 5.92 Å². The molecule has 2 aliphatic heterocycles. The zero-order valence-electron chi connectivity index (χ0n) is 26.4. The van der Waals surface area contributed by atoms with Crippen molar-refractivity contribution in [3.8, 4) is 0 Å². The van der Waals surface area contributed by atoms with Crippen LogP contribution < -0.4 is 0 Å². The highest BCUT2D eigenvalue weighted by atomic mass is 16.7. The fourth-order valence-electron chi connectivity index (χ4n) is 7.05. The van der Waals surface area contributed by atoms with Crippen molar-refractivity contribution in [3.05, 3.63) is 0 Å². The van der Waals surface area contributed by atoms with Crippen LogP contribution in [-0.4, -0.2) is 123 Å². The maximum absolute atomic E-state index is 7.50. The van der Waals surface area contributed by atoms with E-state index in [2.05, 4.69) is 27.7 Å². The largest absolute Gasteiger partial charge is 0.382 e. The molecule has 0 saturated carbocycles. The SMILES string of the molecule is CCC(CC)(OC(CC)(CC)C1C(COC)OC(OC)C(OC)C1OC)C1OC(C)C(OC)C(OC)C1OC. The van der Waals surface area contributed by atoms with Crippen LogP contribution in [0.25, 0.3) is 0 Å². The summed E-state index contributed by atoms with van der Waals surface area (Å²) in [6.07, 6.45) is -0.562. The molecule has 10 heteroatoms. The van der Waals surface area contributed by atoms with E-state index >= 15 is 0 Å². The van der Waals surface area contributed by atoms with Gasteiger partial charge in [-0.25, -0.2) is 0 Å². The van der Waals surface area contributed by atoms with Crippen LogP contribution in [0.1, 0.15) is 60.3 Å². The van der Waals surface area contributed by atoms with Gasteiger partial charge in [-0.05, 0) is 32.6 Å². The zero-order chi connectivity index (χ0) is 29.4. The van der Waals surface area contributed by atoms with Gasteiger partial charge in [-0.2, -0.15) is 0 Å². The summed E-state index contributed by atoms with van der Waals surface area (Å²) in [6.45, 7) is 11.0. The lowest BCUT2D eigenvalue weighted by Crippen LogP contribution is -2.70. The summed E-state index contributed by atoms with van der Waals surface area (Å²) in [4.78, 5) is 0. The van der Waals surface area contributed by atoms with Crippen LogP contribution >= 0.6 is 0 Å². The van der Waals surface area contributed by atoms with Gasteiger partial charge >= 0.3 is 0 Å². The minimum atomic E-state index is -0.701. The van der Waals surface area contributed by atoms with Crippen molar-refractivity contribution >= 4 is 0 Å². The molecule has 0 aliphatic carbocycles. The molecule has 0 amide bonds. The molecule has 2 rings (SSSR count). The predicted octanol–water partition coefficient (Wildman–Crippen LogP) is 3.62. The Morgan fingerprint density at radius 3 is 1.49 bits per heavy atom. The Hall–Kier alpha value is -0.400. The third-order valence-electron chi connectivity index (χ3n) is 9.28. The number of methoxy groups -OCH3 is 7. The Bertz CT molecular complexity index is 685. The van der Waals surface area contributed by atoms with Gasteiger partial charge in [0.05, 0.1) is 36.1 Å². The minimum absolute atomic E-state index is 0.221. The molecule has 2 saturated heterocycles. The molecule has 10 unspecified atom stereocenters. The minimum Gasteiger partial charge on any atom is -0.382 e. The maximum atomic E-state index is 7.50. The second kappa shape index (κ2) is 15.7. The van der Waals surface area contributed by atoms with Gasteiger partial charge in [-0.1, -0.05) is 27.7 Å². The first-order valence-electron chi connectivity index (χ1n) is 14.4. The van der Waals surface area contributed by atoms with Crippen LogP contribution in [0.3, 0.4) is 0 Å². The smallest absolute Gasteiger partial charge is 0.186 e. The molecule has 232 valence electrons. The van der Waals surface area contributed by atoms with E-state index in [1.807, 2.05) is 6.92 Å². The lowest BCUT2D eigenvalue weighted by molar-refractivity contribution is -0.346. The van der Waals surface area contributed by atoms with Gasteiger partial charge in [0.15, 0.2) is 6.29 Å². The van der Waals surface area contributed by atoms with E-state index < -0.39 is 35.8 Å². The molecule has 2 heterocycles. The highest BCUT2D eigenvalue weighted by Crippen LogP contribution is 2.48. The summed E-state index contributed by atoms with van der Waals surface area (Å²) >= 11 is 0. The van der Waals surface area contributed by atoms with Gasteiger partial charge in [-0.3, -0.25) is 0 Å². The topological polar surface area (TPSA) is 92.3 Å². The van der Waals surface area contributed by atoms with E-state index in [1.165, 1.54) is 0 Å². The van der Waals surface area contributed by atoms with Gasteiger partial charge in [0.2, 0.25) is 0 Å². The normalized spacial score (nSPS) is 36.3. The molecule has 0 bridgehead atoms. The summed E-state index contributed by atoms with van der Waals surface area (Å²) < 4.78 is 61.8. The summed E-state index contributed by atoms with van der Waals surface area (Å²) in [5.74, 6) is -0.224. The van der Waals surface area contributed by atoms with Crippen molar-refractivity contribution in [1.29, 1.82) is 0 Å². The van der Waals surface area contributed by atoms with Gasteiger partial charge in [0.25, 0.3) is 0 Å². The van der Waals surface area contributed by atoms with Crippen molar-refractivity contribution in [2.45, 2.75) is 127 Å². The lowest BCUT2D eigenvalue weighted by Gasteiger charge is -2.57. The maximum Gasteiger partial charge on any atom is 0.186 e. The van der Waals surface area contributed by atoms with E-state index in [1.54, 1.807) is 49.8 Å². The molecule has 0 aromatic heterocycles. The Morgan fingerprint density at radius 1 is 0.564 bits per heavy atom. The molecular weight excluding hydrogens is 508 g/mol. The third kappa shape index (κ3) is 6.66. The van der Waals surface area contributed by atoms with E-state index in [9.17, 15) is 0 Å². The number of hydrogen-bond acceptors (Lipinski definition) is 10. The average Bonchev–Trinajstić information content (AvgIpc) is 2.97. The first kappa shape index (κ1) is 34.8. The van der Waals surface area contributed by atoms with Crippen molar-refractivity contribution in [1.82, 2.24) is 0 Å². The van der Waals surface area contributed by atoms with Crippen LogP contribution in [0.4, 0.5) is 0 Å². The van der Waals surface area contributed by atoms with Gasteiger partial charge in [0.1, 0.15) is 30.5 Å². The molecule has 0 aromatic carbocycles. The highest BCUT2D eigenvalue weighted by Gasteiger charge is 2.60. The van der Waals surface area contributed by atoms with E-state index in [4.69, 9.17) is 47.4 Å². The van der Waals surface area contributed by atoms with Crippen LogP contribution in [0.5, 0.6) is 0 Å². The fraction of sp³-hybridized carbons (Fsp3) is 1.00. The third-order valence-corrected chi connectivity index (χ3v) is 9.28. The first-order chi connectivity index (χ1) is 18.7. The number of rotatable bonds is 16. The van der Waals surface area contributed by atoms with Gasteiger partial charge in [0, 0.05) is 55.7 Å². The summed E-state index contributed by atoms with van der Waals surface area (Å²) in [6, 6.07) is 0. The van der Waals surface area contributed by atoms with Crippen molar-refractivity contribution in [2.24, 2.45) is 5.92 Å². The lowest BCUT2D eigenvalue weighted by atomic mass is 9.71. The summed E-state index contributed by atoms with van der Waals surface area (Å²) in [5.41, 5.74) is -1.37. The molecule has 0 N–H and O–H groups in total. The molecule has 0 radical (unpaired) electrons. The highest BCUT2D eigenvalue weighted by molar-refractivity contribution is 5.07. The summed E-state index contributed by atoms with van der Waals surface area (Å²) in [7, 11) is 11.7. The van der Waals surface area contributed by atoms with Crippen molar-refractivity contribution in [2.75, 3.05) is 56.4 Å². The first-order valence-corrected chi connectivity index (χ1v) is 14.4. The second-order valence-electron chi connectivity index (χ2n) is 10.7. The summed E-state index contributed by atoms with van der Waals surface area (Å²) in [5, 5.41) is 0. The molecule has 39 heavy (non-hydrogen) atoms. The van der Waals surface area contributed by atoms with Crippen molar-refractivity contribution in [3.63, 3.8) is 0 Å². The molecule has 0 spiro atoms. The molecule has 10 atom stereocenters. The number of hydrogen-bond donors (Lipinski definition) is 0. The molecule has 0 aromatic rings. The van der Waals surface area contributed by atoms with E-state index in [0.717, 1.165) is 0 Å². The van der Waals surface area contributed by atoms with Crippen molar-refractivity contribution < 1.29 is 47.4 Å². The molecule has 2 aliphatic rings. The standard InChI is InChI=1S/C29H56O10/c1-13-28(14-2,20-19(17-30-6)38-27(36-12)25(35-11)22(20)32-8)39-29(15-3,16-4)26-24(34-10)23(33-9)21(31-7)18(5)37-26/h18-27H,13-17H2,1-12H3. The average molecular weight is 565 g/mol.